The Morgan fingerprint density at radius 3 is 2.56 bits per heavy atom. The van der Waals surface area contributed by atoms with Crippen molar-refractivity contribution in [1.82, 2.24) is 10.6 Å². The maximum atomic E-state index is 11.8. The van der Waals surface area contributed by atoms with E-state index in [-0.39, 0.29) is 23.0 Å². The van der Waals surface area contributed by atoms with Crippen molar-refractivity contribution in [2.24, 2.45) is 0 Å². The van der Waals surface area contributed by atoms with Crippen LogP contribution in [0, 0.1) is 0 Å². The van der Waals surface area contributed by atoms with Gasteiger partial charge in [-0.1, -0.05) is 43.7 Å². The molecule has 2 aromatic rings. The van der Waals surface area contributed by atoms with Gasteiger partial charge in [0.2, 0.25) is 0 Å². The predicted molar refractivity (Wildman–Crippen MR) is 117 cm³/mol. The Hall–Kier alpha value is -2.05. The average molecular weight is 436 g/mol. The smallest absolute Gasteiger partial charge is 0.319 e. The molecule has 27 heavy (non-hydrogen) atoms. The summed E-state index contributed by atoms with van der Waals surface area (Å²) in [5, 5.41) is 9.11. The zero-order chi connectivity index (χ0) is 18.6. The molecule has 0 aliphatic carbocycles. The number of methoxy groups -OCH3 is 1. The maximum absolute atomic E-state index is 11.8. The van der Waals surface area contributed by atoms with Gasteiger partial charge in [-0.25, -0.2) is 4.79 Å². The van der Waals surface area contributed by atoms with Crippen LogP contribution in [-0.4, -0.2) is 32.8 Å². The second-order valence-electron chi connectivity index (χ2n) is 6.21. The van der Waals surface area contributed by atoms with Crippen LogP contribution in [0.5, 0.6) is 5.75 Å². The van der Waals surface area contributed by atoms with Crippen LogP contribution in [0.3, 0.4) is 0 Å². The molecule has 0 fully saturated rings. The first-order chi connectivity index (χ1) is 12.7. The van der Waals surface area contributed by atoms with E-state index in [1.165, 1.54) is 5.56 Å². The normalized spacial score (nSPS) is 11.2. The number of rotatable bonds is 10. The fourth-order valence-corrected chi connectivity index (χ4v) is 2.87. The molecule has 6 heteroatoms. The van der Waals surface area contributed by atoms with E-state index < -0.39 is 0 Å². The molecular weight excluding hydrogens is 406 g/mol. The first-order valence-electron chi connectivity index (χ1n) is 9.17. The van der Waals surface area contributed by atoms with E-state index in [1.54, 1.807) is 7.11 Å². The average Bonchev–Trinajstić information content (AvgIpc) is 2.67. The number of anilines is 1. The molecule has 0 bridgehead atoms. The third-order valence-electron chi connectivity index (χ3n) is 4.21. The summed E-state index contributed by atoms with van der Waals surface area (Å²) < 4.78 is 5.33. The summed E-state index contributed by atoms with van der Waals surface area (Å²) in [5.74, 6) is 1.33. The number of hydrogen-bond acceptors (Lipinski definition) is 3. The maximum Gasteiger partial charge on any atom is 0.319 e. The molecular formula is C21H30BrN3O2. The van der Waals surface area contributed by atoms with Gasteiger partial charge in [-0.15, -0.1) is 17.0 Å². The fraction of sp³-hybridized carbons (Fsp3) is 0.381. The van der Waals surface area contributed by atoms with Crippen LogP contribution in [0.25, 0.3) is 0 Å². The van der Waals surface area contributed by atoms with Gasteiger partial charge in [-0.05, 0) is 42.2 Å². The van der Waals surface area contributed by atoms with Crippen LogP contribution < -0.4 is 20.7 Å². The minimum absolute atomic E-state index is 0. The summed E-state index contributed by atoms with van der Waals surface area (Å²) in [5.41, 5.74) is 2.08. The number of amides is 2. The van der Waals surface area contributed by atoms with E-state index in [0.717, 1.165) is 37.4 Å². The van der Waals surface area contributed by atoms with Gasteiger partial charge in [0.05, 0.1) is 7.11 Å². The van der Waals surface area contributed by atoms with Crippen molar-refractivity contribution in [3.63, 3.8) is 0 Å². The van der Waals surface area contributed by atoms with Gasteiger partial charge in [0.1, 0.15) is 5.75 Å². The van der Waals surface area contributed by atoms with Crippen molar-refractivity contribution in [2.75, 3.05) is 32.1 Å². The van der Waals surface area contributed by atoms with Crippen molar-refractivity contribution in [2.45, 2.75) is 25.7 Å². The van der Waals surface area contributed by atoms with Gasteiger partial charge < -0.3 is 20.7 Å². The van der Waals surface area contributed by atoms with Crippen molar-refractivity contribution < 1.29 is 9.53 Å². The zero-order valence-corrected chi connectivity index (χ0v) is 17.7. The number of carbonyl (C=O) groups excluding carboxylic acids is 1. The Balaban J connectivity index is 0.00000364. The quantitative estimate of drug-likeness (QED) is 0.479. The zero-order valence-electron chi connectivity index (χ0n) is 16.0. The molecule has 0 aromatic heterocycles. The number of urea groups is 1. The summed E-state index contributed by atoms with van der Waals surface area (Å²) >= 11 is 0. The first kappa shape index (κ1) is 23.0. The highest BCUT2D eigenvalue weighted by Gasteiger charge is 2.11. The topological polar surface area (TPSA) is 62.4 Å². The minimum atomic E-state index is -0.184. The van der Waals surface area contributed by atoms with Gasteiger partial charge in [-0.3, -0.25) is 0 Å². The second kappa shape index (κ2) is 13.2. The third-order valence-corrected chi connectivity index (χ3v) is 4.21. The molecule has 1 unspecified atom stereocenters. The summed E-state index contributed by atoms with van der Waals surface area (Å²) in [6.45, 7) is 4.38. The van der Waals surface area contributed by atoms with Crippen molar-refractivity contribution in [3.8, 4) is 5.75 Å². The van der Waals surface area contributed by atoms with Crippen LogP contribution in [0.1, 0.15) is 31.2 Å². The summed E-state index contributed by atoms with van der Waals surface area (Å²) in [6.07, 6.45) is 2.24. The summed E-state index contributed by atoms with van der Waals surface area (Å²) in [6, 6.07) is 17.5. The summed E-state index contributed by atoms with van der Waals surface area (Å²) in [7, 11) is 1.69. The highest BCUT2D eigenvalue weighted by atomic mass is 79.9. The highest BCUT2D eigenvalue weighted by molar-refractivity contribution is 8.93. The predicted octanol–water partition coefficient (Wildman–Crippen LogP) is 4.57. The number of nitrogens with one attached hydrogen (secondary N) is 3. The highest BCUT2D eigenvalue weighted by Crippen LogP contribution is 2.24. The Kier molecular flexibility index (Phi) is 11.2. The molecule has 1 atom stereocenters. The van der Waals surface area contributed by atoms with Gasteiger partial charge in [0.25, 0.3) is 0 Å². The lowest BCUT2D eigenvalue weighted by Crippen LogP contribution is -2.35. The molecule has 148 valence electrons. The van der Waals surface area contributed by atoms with Gasteiger partial charge in [0.15, 0.2) is 0 Å². The van der Waals surface area contributed by atoms with E-state index in [1.807, 2.05) is 42.5 Å². The number of ether oxygens (including phenoxy) is 1. The molecule has 0 heterocycles. The lowest BCUT2D eigenvalue weighted by molar-refractivity contribution is 0.252. The number of para-hydroxylation sites is 1. The first-order valence-corrected chi connectivity index (χ1v) is 9.17. The van der Waals surface area contributed by atoms with Crippen molar-refractivity contribution in [1.29, 1.82) is 0 Å². The molecule has 2 rings (SSSR count). The molecule has 0 spiro atoms. The molecule has 5 nitrogen and oxygen atoms in total. The Bertz CT molecular complexity index is 667. The number of hydrogen-bond donors (Lipinski definition) is 3. The largest absolute Gasteiger partial charge is 0.497 e. The Morgan fingerprint density at radius 1 is 1.07 bits per heavy atom. The van der Waals surface area contributed by atoms with Crippen LogP contribution in [0.4, 0.5) is 10.5 Å². The number of halogens is 1. The van der Waals surface area contributed by atoms with Gasteiger partial charge in [-0.2, -0.15) is 0 Å². The molecule has 2 amide bonds. The lowest BCUT2D eigenvalue weighted by atomic mass is 9.94. The fourth-order valence-electron chi connectivity index (χ4n) is 2.87. The van der Waals surface area contributed by atoms with E-state index in [0.29, 0.717) is 12.5 Å². The van der Waals surface area contributed by atoms with Gasteiger partial charge >= 0.3 is 6.03 Å². The molecule has 0 saturated heterocycles. The van der Waals surface area contributed by atoms with E-state index in [4.69, 9.17) is 4.74 Å². The standard InChI is InChI=1S/C21H29N3O2.BrH/c1-3-8-18(17-9-7-12-20(15-17)26-2)16-22-13-14-23-21(25)24-19-10-5-4-6-11-19;/h4-7,9-12,15,18,22H,3,8,13-14,16H2,1-2H3,(H2,23,24,25);1H. The van der Waals surface area contributed by atoms with Crippen LogP contribution in [-0.2, 0) is 0 Å². The van der Waals surface area contributed by atoms with E-state index >= 15 is 0 Å². The monoisotopic (exact) mass is 435 g/mol. The van der Waals surface area contributed by atoms with E-state index in [2.05, 4.69) is 35.0 Å². The number of benzene rings is 2. The molecule has 0 aliphatic heterocycles. The molecule has 0 radical (unpaired) electrons. The molecule has 2 aromatic carbocycles. The molecule has 3 N–H and O–H groups in total. The minimum Gasteiger partial charge on any atom is -0.497 e. The van der Waals surface area contributed by atoms with Crippen LogP contribution in [0.15, 0.2) is 54.6 Å². The van der Waals surface area contributed by atoms with Crippen LogP contribution in [0.2, 0.25) is 0 Å². The van der Waals surface area contributed by atoms with Crippen molar-refractivity contribution in [3.05, 3.63) is 60.2 Å². The van der Waals surface area contributed by atoms with E-state index in [9.17, 15) is 4.79 Å². The number of carbonyl (C=O) groups is 1. The van der Waals surface area contributed by atoms with Crippen molar-refractivity contribution >= 4 is 28.7 Å². The molecule has 0 saturated carbocycles. The Morgan fingerprint density at radius 2 is 1.85 bits per heavy atom. The summed E-state index contributed by atoms with van der Waals surface area (Å²) in [4.78, 5) is 11.8. The molecule has 0 aliphatic rings. The Labute approximate surface area is 172 Å². The second-order valence-corrected chi connectivity index (χ2v) is 6.21. The van der Waals surface area contributed by atoms with Crippen LogP contribution >= 0.6 is 17.0 Å². The third kappa shape index (κ3) is 8.45. The SMILES string of the molecule is Br.CCCC(CNCCNC(=O)Nc1ccccc1)c1cccc(OC)c1. The lowest BCUT2D eigenvalue weighted by Gasteiger charge is -2.18. The van der Waals surface area contributed by atoms with Gasteiger partial charge in [0, 0.05) is 25.3 Å².